The summed E-state index contributed by atoms with van der Waals surface area (Å²) in [7, 11) is 0. The maximum atomic E-state index is 14.3. The molecule has 3 aromatic heterocycles. The van der Waals surface area contributed by atoms with Gasteiger partial charge >= 0.3 is 11.6 Å². The zero-order valence-corrected chi connectivity index (χ0v) is 25.9. The second kappa shape index (κ2) is 14.2. The van der Waals surface area contributed by atoms with Gasteiger partial charge in [-0.15, -0.1) is 11.8 Å². The third-order valence-corrected chi connectivity index (χ3v) is 8.67. The number of amides is 2. The van der Waals surface area contributed by atoms with Gasteiger partial charge in [0.1, 0.15) is 17.7 Å². The Labute approximate surface area is 259 Å². The molecule has 13 nitrogen and oxygen atoms in total. The van der Waals surface area contributed by atoms with Crippen LogP contribution < -0.4 is 16.3 Å². The van der Waals surface area contributed by atoms with Crippen molar-refractivity contribution in [2.24, 2.45) is 0 Å². The first kappa shape index (κ1) is 33.6. The maximum Gasteiger partial charge on any atom is 0.351 e. The monoisotopic (exact) mass is 656 g/mol. The van der Waals surface area contributed by atoms with E-state index in [4.69, 9.17) is 14.3 Å². The molecular formula is C27H34F2N6O7S2. The molecule has 0 radical (unpaired) electrons. The van der Waals surface area contributed by atoms with Crippen molar-refractivity contribution >= 4 is 45.9 Å². The van der Waals surface area contributed by atoms with Gasteiger partial charge in [-0.1, -0.05) is 38.5 Å². The van der Waals surface area contributed by atoms with E-state index in [1.807, 2.05) is 0 Å². The fourth-order valence-corrected chi connectivity index (χ4v) is 5.90. The lowest BCUT2D eigenvalue weighted by molar-refractivity contribution is -0.141. The average molecular weight is 657 g/mol. The molecule has 0 spiro atoms. The molecule has 0 unspecified atom stereocenters. The fourth-order valence-electron chi connectivity index (χ4n) is 4.15. The average Bonchev–Trinajstić information content (AvgIpc) is 3.66. The number of carbonyl (C=O) groups excluding carboxylic acids is 2. The number of carbonyl (C=O) groups is 2. The van der Waals surface area contributed by atoms with E-state index in [0.29, 0.717) is 40.6 Å². The molecule has 1 aliphatic heterocycles. The molecule has 0 saturated carbocycles. The smallest absolute Gasteiger partial charge is 0.351 e. The van der Waals surface area contributed by atoms with Crippen LogP contribution >= 0.6 is 23.1 Å². The number of anilines is 2. The second-order valence-electron chi connectivity index (χ2n) is 11.1. The van der Waals surface area contributed by atoms with E-state index >= 15 is 0 Å². The van der Waals surface area contributed by atoms with E-state index in [1.165, 1.54) is 23.1 Å². The summed E-state index contributed by atoms with van der Waals surface area (Å²) in [5.41, 5.74) is -1.24. The predicted octanol–water partition coefficient (Wildman–Crippen LogP) is 3.69. The Morgan fingerprint density at radius 1 is 1.14 bits per heavy atom. The highest BCUT2D eigenvalue weighted by atomic mass is 32.2. The molecule has 3 aromatic rings. The minimum absolute atomic E-state index is 0.0927. The Balaban J connectivity index is 1.13. The highest BCUT2D eigenvalue weighted by Crippen LogP contribution is 2.42. The Kier molecular flexibility index (Phi) is 10.9. The highest BCUT2D eigenvalue weighted by Gasteiger charge is 2.59. The van der Waals surface area contributed by atoms with Gasteiger partial charge in [0.15, 0.2) is 11.2 Å². The second-order valence-corrected chi connectivity index (χ2v) is 13.4. The quantitative estimate of drug-likeness (QED) is 0.156. The Morgan fingerprint density at radius 2 is 1.84 bits per heavy atom. The molecule has 1 fully saturated rings. The normalized spacial score (nSPS) is 19.7. The van der Waals surface area contributed by atoms with Crippen LogP contribution in [0.4, 0.5) is 19.7 Å². The zero-order chi connectivity index (χ0) is 32.1. The lowest BCUT2D eigenvalue weighted by Gasteiger charge is -2.21. The molecule has 1 aliphatic rings. The molecule has 44 heavy (non-hydrogen) atoms. The van der Waals surface area contributed by atoms with E-state index in [1.54, 1.807) is 12.4 Å². The molecule has 0 aliphatic carbocycles. The molecule has 240 valence electrons. The molecule has 4 rings (SSSR count). The first-order chi connectivity index (χ1) is 20.8. The van der Waals surface area contributed by atoms with E-state index in [2.05, 4.69) is 46.4 Å². The summed E-state index contributed by atoms with van der Waals surface area (Å²) in [6.07, 6.45) is 0.316. The van der Waals surface area contributed by atoms with Gasteiger partial charge in [-0.25, -0.2) is 14.8 Å². The minimum atomic E-state index is -3.83. The molecule has 4 N–H and O–H groups in total. The van der Waals surface area contributed by atoms with Gasteiger partial charge in [-0.3, -0.25) is 14.2 Å². The number of alkyl halides is 2. The van der Waals surface area contributed by atoms with Crippen molar-refractivity contribution in [3.8, 4) is 0 Å². The van der Waals surface area contributed by atoms with Crippen molar-refractivity contribution in [1.29, 1.82) is 0 Å². The number of aromatic nitrogens is 4. The molecule has 3 atom stereocenters. The SMILES string of the molecule is CC(C)(C)c1cnc(CSc2cnc(NC(=O)CCCCCC(=O)Nc3ccn([C@@H]4O[C@H](CO)[C@@H](O)C4(F)F)c(=O)n3)s2)o1. The Bertz CT molecular complexity index is 1510. The number of hydrogen-bond donors (Lipinski definition) is 4. The van der Waals surface area contributed by atoms with E-state index < -0.39 is 42.6 Å². The molecule has 1 saturated heterocycles. The lowest BCUT2D eigenvalue weighted by Crippen LogP contribution is -2.41. The molecule has 2 amide bonds. The summed E-state index contributed by atoms with van der Waals surface area (Å²) in [5.74, 6) is -2.62. The van der Waals surface area contributed by atoms with Crippen LogP contribution in [0.1, 0.15) is 70.8 Å². The van der Waals surface area contributed by atoms with Crippen LogP contribution in [0, 0.1) is 0 Å². The Hall–Kier alpha value is -3.25. The molecule has 0 bridgehead atoms. The van der Waals surface area contributed by atoms with Crippen molar-refractivity contribution < 1.29 is 37.7 Å². The standard InChI is InChI=1S/C27H34F2N6O7S2/c1-26(2,3)16-11-30-20(42-16)14-43-21-12-31-24(44-21)34-19(38)8-6-4-5-7-18(37)32-17-9-10-35(25(40)33-17)23-27(28,29)22(39)15(13-36)41-23/h9-12,15,22-23,36,39H,4-8,13-14H2,1-3H3,(H,31,34,38)(H,32,33,37,40)/t15-,22-,23-/m1/s1. The van der Waals surface area contributed by atoms with E-state index in [-0.39, 0.29) is 30.0 Å². The first-order valence-corrected chi connectivity index (χ1v) is 15.6. The van der Waals surface area contributed by atoms with Crippen LogP contribution in [0.5, 0.6) is 0 Å². The third kappa shape index (κ3) is 8.47. The zero-order valence-electron chi connectivity index (χ0n) is 24.3. The van der Waals surface area contributed by atoms with Crippen molar-refractivity contribution in [2.75, 3.05) is 17.2 Å². The summed E-state index contributed by atoms with van der Waals surface area (Å²) < 4.78 is 40.8. The van der Waals surface area contributed by atoms with Crippen molar-refractivity contribution in [2.45, 2.75) is 92.6 Å². The Morgan fingerprint density at radius 3 is 2.45 bits per heavy atom. The number of ether oxygens (including phenoxy) is 1. The van der Waals surface area contributed by atoms with Gasteiger partial charge in [0.05, 0.1) is 29.0 Å². The lowest BCUT2D eigenvalue weighted by atomic mass is 9.94. The van der Waals surface area contributed by atoms with Crippen LogP contribution in [0.15, 0.2) is 38.1 Å². The predicted molar refractivity (Wildman–Crippen MR) is 158 cm³/mol. The summed E-state index contributed by atoms with van der Waals surface area (Å²) in [6, 6.07) is 1.15. The van der Waals surface area contributed by atoms with Crippen molar-refractivity contribution in [3.05, 3.63) is 46.8 Å². The van der Waals surface area contributed by atoms with Gasteiger partial charge in [-0.05, 0) is 18.9 Å². The number of unbranched alkanes of at least 4 members (excludes halogenated alkanes) is 2. The number of nitrogens with zero attached hydrogens (tertiary/aromatic N) is 4. The van der Waals surface area contributed by atoms with Gasteiger partial charge in [-0.2, -0.15) is 13.8 Å². The summed E-state index contributed by atoms with van der Waals surface area (Å²) in [6.45, 7) is 5.30. The first-order valence-electron chi connectivity index (χ1n) is 13.8. The fraction of sp³-hybridized carbons (Fsp3) is 0.556. The van der Waals surface area contributed by atoms with E-state index in [9.17, 15) is 28.3 Å². The number of thioether (sulfide) groups is 1. The van der Waals surface area contributed by atoms with Crippen LogP contribution in [0.3, 0.4) is 0 Å². The van der Waals surface area contributed by atoms with Gasteiger partial charge < -0.3 is 30.0 Å². The minimum Gasteiger partial charge on any atom is -0.444 e. The summed E-state index contributed by atoms with van der Waals surface area (Å²) in [5, 5.41) is 24.4. The summed E-state index contributed by atoms with van der Waals surface area (Å²) >= 11 is 2.87. The largest absolute Gasteiger partial charge is 0.444 e. The topological polar surface area (TPSA) is 182 Å². The number of nitrogens with one attached hydrogen (secondary N) is 2. The molecule has 0 aromatic carbocycles. The van der Waals surface area contributed by atoms with Crippen LogP contribution in [-0.4, -0.2) is 66.3 Å². The van der Waals surface area contributed by atoms with Crippen molar-refractivity contribution in [1.82, 2.24) is 19.5 Å². The van der Waals surface area contributed by atoms with Gasteiger partial charge in [0.2, 0.25) is 23.9 Å². The van der Waals surface area contributed by atoms with Crippen molar-refractivity contribution in [3.63, 3.8) is 0 Å². The number of rotatable bonds is 13. The molecular weight excluding hydrogens is 622 g/mol. The highest BCUT2D eigenvalue weighted by molar-refractivity contribution is 8.00. The number of halogens is 2. The number of hydrogen-bond acceptors (Lipinski definition) is 12. The van der Waals surface area contributed by atoms with E-state index in [0.717, 1.165) is 22.2 Å². The van der Waals surface area contributed by atoms with Gasteiger partial charge in [0.25, 0.3) is 0 Å². The molecule has 4 heterocycles. The van der Waals surface area contributed by atoms with Crippen LogP contribution in [-0.2, 0) is 25.5 Å². The number of aliphatic hydroxyl groups is 2. The summed E-state index contributed by atoms with van der Waals surface area (Å²) in [4.78, 5) is 49.0. The molecule has 17 heteroatoms. The number of oxazole rings is 1. The maximum absolute atomic E-state index is 14.3. The number of thiazole rings is 1. The van der Waals surface area contributed by atoms with Crippen LogP contribution in [0.2, 0.25) is 0 Å². The van der Waals surface area contributed by atoms with Gasteiger partial charge in [0, 0.05) is 24.5 Å². The third-order valence-electron chi connectivity index (χ3n) is 6.58. The van der Waals surface area contributed by atoms with Crippen LogP contribution in [0.25, 0.3) is 0 Å². The number of aliphatic hydroxyl groups excluding tert-OH is 2.